The maximum Gasteiger partial charge on any atom is 0.0813 e. The van der Waals surface area contributed by atoms with Crippen LogP contribution in [-0.2, 0) is 0 Å². The monoisotopic (exact) mass is 269 g/mol. The second-order valence-corrected chi connectivity index (χ2v) is 4.85. The van der Waals surface area contributed by atoms with Gasteiger partial charge >= 0.3 is 0 Å². The lowest BCUT2D eigenvalue weighted by atomic mass is 9.99. The minimum Gasteiger partial charge on any atom is -0.295 e. The largest absolute Gasteiger partial charge is 0.295 e. The van der Waals surface area contributed by atoms with Crippen LogP contribution in [0.2, 0.25) is 0 Å². The highest BCUT2D eigenvalue weighted by Gasteiger charge is 2.23. The van der Waals surface area contributed by atoms with Crippen LogP contribution < -0.4 is 0 Å². The van der Waals surface area contributed by atoms with E-state index in [-0.39, 0.29) is 0 Å². The van der Waals surface area contributed by atoms with Gasteiger partial charge in [-0.05, 0) is 47.9 Å². The van der Waals surface area contributed by atoms with E-state index in [1.807, 2.05) is 0 Å². The van der Waals surface area contributed by atoms with Crippen LogP contribution in [0.25, 0.3) is 0 Å². The van der Waals surface area contributed by atoms with Gasteiger partial charge in [-0.15, -0.1) is 0 Å². The third kappa shape index (κ3) is 2.55. The molecule has 0 amide bonds. The quantitative estimate of drug-likeness (QED) is 0.827. The fraction of sp³-hybridized carbons (Fsp3) is 0.636. The summed E-state index contributed by atoms with van der Waals surface area (Å²) in [5.41, 5.74) is 1.10. The first-order valence-electron chi connectivity index (χ1n) is 5.53. The molecule has 15 heavy (non-hydrogen) atoms. The van der Waals surface area contributed by atoms with Crippen molar-refractivity contribution in [3.05, 3.63) is 22.4 Å². The van der Waals surface area contributed by atoms with Gasteiger partial charge in [-0.3, -0.25) is 4.90 Å². The van der Waals surface area contributed by atoms with Crippen molar-refractivity contribution in [2.24, 2.45) is 0 Å². The molecule has 1 aromatic rings. The van der Waals surface area contributed by atoms with Gasteiger partial charge in [0.05, 0.1) is 17.9 Å². The summed E-state index contributed by atoms with van der Waals surface area (Å²) in [5, 5.41) is 8.24. The fourth-order valence-electron chi connectivity index (χ4n) is 2.23. The van der Waals surface area contributed by atoms with Crippen LogP contribution in [0, 0.1) is 0 Å². The molecule has 1 aliphatic heterocycles. The van der Waals surface area contributed by atoms with Gasteiger partial charge in [0.15, 0.2) is 0 Å². The van der Waals surface area contributed by atoms with Gasteiger partial charge in [-0.2, -0.15) is 10.2 Å². The van der Waals surface area contributed by atoms with Gasteiger partial charge in [-0.1, -0.05) is 13.3 Å². The lowest BCUT2D eigenvalue weighted by molar-refractivity contribution is 0.153. The fourth-order valence-corrected chi connectivity index (χ4v) is 2.55. The average molecular weight is 270 g/mol. The predicted octanol–water partition coefficient (Wildman–Crippen LogP) is 2.79. The summed E-state index contributed by atoms with van der Waals surface area (Å²) in [6, 6.07) is 2.56. The summed E-state index contributed by atoms with van der Waals surface area (Å²) in [4.78, 5) is 2.49. The molecule has 0 aliphatic carbocycles. The Labute approximate surface area is 99.0 Å². The van der Waals surface area contributed by atoms with Crippen LogP contribution in [0.1, 0.15) is 37.9 Å². The molecule has 1 saturated heterocycles. The van der Waals surface area contributed by atoms with E-state index >= 15 is 0 Å². The van der Waals surface area contributed by atoms with Crippen molar-refractivity contribution in [1.29, 1.82) is 0 Å². The number of hydrogen-bond acceptors (Lipinski definition) is 3. The van der Waals surface area contributed by atoms with E-state index in [1.165, 1.54) is 25.8 Å². The van der Waals surface area contributed by atoms with Crippen LogP contribution in [0.4, 0.5) is 0 Å². The molecule has 1 unspecified atom stereocenters. The molecule has 2 rings (SSSR count). The van der Waals surface area contributed by atoms with E-state index in [0.29, 0.717) is 6.04 Å². The number of halogens is 1. The standard InChI is InChI=1S/C11H16BrN3/c1-2-15-6-4-3-5-11(15)10-7-9(12)8-13-14-10/h7-8,11H,2-6H2,1H3. The molecule has 3 nitrogen and oxygen atoms in total. The lowest BCUT2D eigenvalue weighted by Crippen LogP contribution is -2.33. The molecule has 1 atom stereocenters. The first kappa shape index (κ1) is 11.0. The molecule has 0 aromatic carbocycles. The summed E-state index contributed by atoms with van der Waals surface area (Å²) < 4.78 is 1.02. The summed E-state index contributed by atoms with van der Waals surface area (Å²) >= 11 is 3.45. The van der Waals surface area contributed by atoms with E-state index in [1.54, 1.807) is 6.20 Å². The molecular formula is C11H16BrN3. The third-order valence-corrected chi connectivity index (χ3v) is 3.43. The van der Waals surface area contributed by atoms with Crippen LogP contribution >= 0.6 is 15.9 Å². The number of rotatable bonds is 2. The highest BCUT2D eigenvalue weighted by molar-refractivity contribution is 9.10. The first-order valence-corrected chi connectivity index (χ1v) is 6.32. The van der Waals surface area contributed by atoms with Gasteiger partial charge in [-0.25, -0.2) is 0 Å². The van der Waals surface area contributed by atoms with Crippen molar-refractivity contribution < 1.29 is 0 Å². The van der Waals surface area contributed by atoms with Crippen LogP contribution in [-0.4, -0.2) is 28.2 Å². The molecule has 0 N–H and O–H groups in total. The summed E-state index contributed by atoms with van der Waals surface area (Å²) in [7, 11) is 0. The normalized spacial score (nSPS) is 22.9. The smallest absolute Gasteiger partial charge is 0.0813 e. The first-order chi connectivity index (χ1) is 7.31. The van der Waals surface area contributed by atoms with Crippen molar-refractivity contribution in [2.75, 3.05) is 13.1 Å². The Bertz CT molecular complexity index is 329. The molecule has 4 heteroatoms. The van der Waals surface area contributed by atoms with Gasteiger partial charge in [0.2, 0.25) is 0 Å². The number of piperidine rings is 1. The molecule has 1 aliphatic rings. The molecular weight excluding hydrogens is 254 g/mol. The Morgan fingerprint density at radius 2 is 2.40 bits per heavy atom. The Kier molecular flexibility index (Phi) is 3.70. The van der Waals surface area contributed by atoms with Crippen molar-refractivity contribution in [1.82, 2.24) is 15.1 Å². The van der Waals surface area contributed by atoms with E-state index in [9.17, 15) is 0 Å². The van der Waals surface area contributed by atoms with E-state index < -0.39 is 0 Å². The van der Waals surface area contributed by atoms with Crippen molar-refractivity contribution in [3.63, 3.8) is 0 Å². The molecule has 0 radical (unpaired) electrons. The summed E-state index contributed by atoms with van der Waals surface area (Å²) in [5.74, 6) is 0. The minimum absolute atomic E-state index is 0.466. The van der Waals surface area contributed by atoms with Crippen molar-refractivity contribution >= 4 is 15.9 Å². The van der Waals surface area contributed by atoms with Crippen molar-refractivity contribution in [3.8, 4) is 0 Å². The Morgan fingerprint density at radius 3 is 3.13 bits per heavy atom. The lowest BCUT2D eigenvalue weighted by Gasteiger charge is -2.34. The minimum atomic E-state index is 0.466. The average Bonchev–Trinajstić information content (AvgIpc) is 2.29. The number of aromatic nitrogens is 2. The van der Waals surface area contributed by atoms with Crippen LogP contribution in [0.3, 0.4) is 0 Å². The second-order valence-electron chi connectivity index (χ2n) is 3.94. The van der Waals surface area contributed by atoms with Crippen LogP contribution in [0.5, 0.6) is 0 Å². The molecule has 82 valence electrons. The van der Waals surface area contributed by atoms with E-state index in [2.05, 4.69) is 44.0 Å². The topological polar surface area (TPSA) is 29.0 Å². The number of nitrogens with zero attached hydrogens (tertiary/aromatic N) is 3. The maximum absolute atomic E-state index is 4.24. The van der Waals surface area contributed by atoms with E-state index in [0.717, 1.165) is 16.7 Å². The zero-order valence-corrected chi connectivity index (χ0v) is 10.6. The predicted molar refractivity (Wildman–Crippen MR) is 63.6 cm³/mol. The second kappa shape index (κ2) is 5.03. The highest BCUT2D eigenvalue weighted by Crippen LogP contribution is 2.29. The highest BCUT2D eigenvalue weighted by atomic mass is 79.9. The van der Waals surface area contributed by atoms with Gasteiger partial charge in [0.25, 0.3) is 0 Å². The van der Waals surface area contributed by atoms with Gasteiger partial charge in [0, 0.05) is 4.47 Å². The zero-order chi connectivity index (χ0) is 10.7. The Hall–Kier alpha value is -0.480. The molecule has 1 fully saturated rings. The van der Waals surface area contributed by atoms with E-state index in [4.69, 9.17) is 0 Å². The Morgan fingerprint density at radius 1 is 1.53 bits per heavy atom. The molecule has 1 aromatic heterocycles. The van der Waals surface area contributed by atoms with Crippen LogP contribution in [0.15, 0.2) is 16.7 Å². The third-order valence-electron chi connectivity index (χ3n) is 3.00. The molecule has 0 spiro atoms. The maximum atomic E-state index is 4.24. The SMILES string of the molecule is CCN1CCCCC1c1cc(Br)cnn1. The summed E-state index contributed by atoms with van der Waals surface area (Å²) in [6.07, 6.45) is 5.56. The summed E-state index contributed by atoms with van der Waals surface area (Å²) in [6.45, 7) is 4.50. The van der Waals surface area contributed by atoms with Crippen molar-refractivity contribution in [2.45, 2.75) is 32.2 Å². The molecule has 0 saturated carbocycles. The number of hydrogen-bond donors (Lipinski definition) is 0. The zero-order valence-electron chi connectivity index (χ0n) is 8.99. The molecule has 2 heterocycles. The molecule has 0 bridgehead atoms. The van der Waals surface area contributed by atoms with Gasteiger partial charge in [0.1, 0.15) is 0 Å². The van der Waals surface area contributed by atoms with Gasteiger partial charge < -0.3 is 0 Å². The number of likely N-dealkylation sites (tertiary alicyclic amines) is 1. The Balaban J connectivity index is 2.20.